The van der Waals surface area contributed by atoms with Gasteiger partial charge in [-0.1, -0.05) is 25.5 Å². The number of methoxy groups -OCH3 is 1. The lowest BCUT2D eigenvalue weighted by Gasteiger charge is -2.10. The number of aryl methyl sites for hydroxylation is 1. The van der Waals surface area contributed by atoms with Crippen LogP contribution in [0.4, 0.5) is 5.69 Å². The van der Waals surface area contributed by atoms with E-state index in [-0.39, 0.29) is 17.4 Å². The highest BCUT2D eigenvalue weighted by Crippen LogP contribution is 2.35. The maximum atomic E-state index is 12.3. The topological polar surface area (TPSA) is 58.6 Å². The minimum absolute atomic E-state index is 0.0250. The number of carbonyl (C=O) groups excluding carboxylic acids is 1. The summed E-state index contributed by atoms with van der Waals surface area (Å²) in [4.78, 5) is 12.3. The number of halogens is 1. The first-order chi connectivity index (χ1) is 10.5. The van der Waals surface area contributed by atoms with Crippen molar-refractivity contribution in [3.63, 3.8) is 0 Å². The quantitative estimate of drug-likeness (QED) is 0.829. The number of carbonyl (C=O) groups is 1. The molecule has 0 saturated carbocycles. The summed E-state index contributed by atoms with van der Waals surface area (Å²) in [5.41, 5.74) is 2.38. The molecule has 5 heteroatoms. The van der Waals surface area contributed by atoms with Gasteiger partial charge in [0.1, 0.15) is 0 Å². The van der Waals surface area contributed by atoms with Crippen LogP contribution in [0.15, 0.2) is 40.9 Å². The standard InChI is InChI=1S/C17H18BrNO3/c1-3-4-11-5-7-13(8-6-11)19-17(21)12-9-14(18)16(20)15(10-12)22-2/h5-10,20H,3-4H2,1-2H3,(H,19,21). The molecule has 2 N–H and O–H groups in total. The molecule has 0 radical (unpaired) electrons. The third-order valence-electron chi connectivity index (χ3n) is 3.26. The number of aromatic hydroxyl groups is 1. The molecule has 0 unspecified atom stereocenters. The Kier molecular flexibility index (Phi) is 5.44. The summed E-state index contributed by atoms with van der Waals surface area (Å²) in [6.45, 7) is 2.13. The average Bonchev–Trinajstić information content (AvgIpc) is 2.52. The van der Waals surface area contributed by atoms with Crippen molar-refractivity contribution in [1.29, 1.82) is 0 Å². The van der Waals surface area contributed by atoms with Crippen LogP contribution in [0.3, 0.4) is 0 Å². The Bertz CT molecular complexity index is 668. The predicted octanol–water partition coefficient (Wildman–Crippen LogP) is 4.37. The summed E-state index contributed by atoms with van der Waals surface area (Å²) in [6.07, 6.45) is 2.11. The van der Waals surface area contributed by atoms with E-state index in [0.717, 1.165) is 18.5 Å². The molecule has 4 nitrogen and oxygen atoms in total. The van der Waals surface area contributed by atoms with Crippen LogP contribution in [0.5, 0.6) is 11.5 Å². The lowest BCUT2D eigenvalue weighted by molar-refractivity contribution is 0.102. The van der Waals surface area contributed by atoms with Gasteiger partial charge in [-0.15, -0.1) is 0 Å². The molecule has 0 spiro atoms. The van der Waals surface area contributed by atoms with Gasteiger partial charge in [-0.05, 0) is 52.2 Å². The van der Waals surface area contributed by atoms with E-state index in [0.29, 0.717) is 10.0 Å². The van der Waals surface area contributed by atoms with Gasteiger partial charge in [-0.2, -0.15) is 0 Å². The largest absolute Gasteiger partial charge is 0.503 e. The van der Waals surface area contributed by atoms with E-state index in [1.807, 2.05) is 24.3 Å². The van der Waals surface area contributed by atoms with E-state index in [4.69, 9.17) is 4.74 Å². The second-order valence-electron chi connectivity index (χ2n) is 4.91. The smallest absolute Gasteiger partial charge is 0.255 e. The molecule has 22 heavy (non-hydrogen) atoms. The van der Waals surface area contributed by atoms with Gasteiger partial charge in [0.25, 0.3) is 5.91 Å². The summed E-state index contributed by atoms with van der Waals surface area (Å²) in [5, 5.41) is 12.6. The Morgan fingerprint density at radius 3 is 2.55 bits per heavy atom. The first kappa shape index (κ1) is 16.4. The molecule has 2 rings (SSSR count). The highest BCUT2D eigenvalue weighted by Gasteiger charge is 2.13. The van der Waals surface area contributed by atoms with Crippen LogP contribution in [0.1, 0.15) is 29.3 Å². The van der Waals surface area contributed by atoms with E-state index in [1.54, 1.807) is 6.07 Å². The van der Waals surface area contributed by atoms with E-state index in [9.17, 15) is 9.90 Å². The van der Waals surface area contributed by atoms with Crippen molar-refractivity contribution in [1.82, 2.24) is 0 Å². The van der Waals surface area contributed by atoms with Gasteiger partial charge >= 0.3 is 0 Å². The second kappa shape index (κ2) is 7.31. The monoisotopic (exact) mass is 363 g/mol. The number of benzene rings is 2. The minimum Gasteiger partial charge on any atom is -0.503 e. The third-order valence-corrected chi connectivity index (χ3v) is 3.87. The molecule has 1 amide bonds. The van der Waals surface area contributed by atoms with Crippen molar-refractivity contribution in [3.05, 3.63) is 52.0 Å². The van der Waals surface area contributed by atoms with Crippen molar-refractivity contribution in [2.45, 2.75) is 19.8 Å². The maximum Gasteiger partial charge on any atom is 0.255 e. The van der Waals surface area contributed by atoms with Crippen LogP contribution < -0.4 is 10.1 Å². The zero-order valence-electron chi connectivity index (χ0n) is 12.5. The fraction of sp³-hybridized carbons (Fsp3) is 0.235. The second-order valence-corrected chi connectivity index (χ2v) is 5.76. The van der Waals surface area contributed by atoms with E-state index in [1.165, 1.54) is 18.7 Å². The van der Waals surface area contributed by atoms with Gasteiger partial charge in [-0.3, -0.25) is 4.79 Å². The third kappa shape index (κ3) is 3.80. The number of nitrogens with one attached hydrogen (secondary N) is 1. The van der Waals surface area contributed by atoms with Crippen molar-refractivity contribution in [2.24, 2.45) is 0 Å². The number of anilines is 1. The Morgan fingerprint density at radius 1 is 1.27 bits per heavy atom. The Balaban J connectivity index is 2.16. The molecule has 0 aliphatic carbocycles. The molecule has 0 aliphatic heterocycles. The number of hydrogen-bond donors (Lipinski definition) is 2. The van der Waals surface area contributed by atoms with E-state index < -0.39 is 0 Å². The normalized spacial score (nSPS) is 10.3. The van der Waals surface area contributed by atoms with Crippen LogP contribution >= 0.6 is 15.9 Å². The molecule has 2 aromatic rings. The molecule has 0 bridgehead atoms. The average molecular weight is 364 g/mol. The van der Waals surface area contributed by atoms with E-state index in [2.05, 4.69) is 28.2 Å². The molecule has 0 atom stereocenters. The van der Waals surface area contributed by atoms with E-state index >= 15 is 0 Å². The van der Waals surface area contributed by atoms with Crippen LogP contribution in [-0.2, 0) is 6.42 Å². The van der Waals surface area contributed by atoms with Gasteiger partial charge in [0, 0.05) is 11.3 Å². The summed E-state index contributed by atoms with van der Waals surface area (Å²) in [5.74, 6) is -0.0389. The number of amides is 1. The molecule has 2 aromatic carbocycles. The highest BCUT2D eigenvalue weighted by atomic mass is 79.9. The Hall–Kier alpha value is -2.01. The number of hydrogen-bond acceptors (Lipinski definition) is 3. The first-order valence-electron chi connectivity index (χ1n) is 7.02. The SMILES string of the molecule is CCCc1ccc(NC(=O)c2cc(Br)c(O)c(OC)c2)cc1. The fourth-order valence-electron chi connectivity index (χ4n) is 2.11. The molecular weight excluding hydrogens is 346 g/mol. The molecular formula is C17H18BrNO3. The predicted molar refractivity (Wildman–Crippen MR) is 90.7 cm³/mol. The summed E-state index contributed by atoms with van der Waals surface area (Å²) >= 11 is 3.21. The maximum absolute atomic E-state index is 12.3. The van der Waals surface area contributed by atoms with Gasteiger partial charge in [0.15, 0.2) is 11.5 Å². The molecule has 0 aliphatic rings. The van der Waals surface area contributed by atoms with Gasteiger partial charge in [0.05, 0.1) is 11.6 Å². The van der Waals surface area contributed by atoms with Gasteiger partial charge in [0.2, 0.25) is 0 Å². The van der Waals surface area contributed by atoms with Crippen molar-refractivity contribution in [3.8, 4) is 11.5 Å². The van der Waals surface area contributed by atoms with Gasteiger partial charge in [-0.25, -0.2) is 0 Å². The fourth-order valence-corrected chi connectivity index (χ4v) is 2.55. The van der Waals surface area contributed by atoms with Crippen LogP contribution in [0.2, 0.25) is 0 Å². The number of phenols is 1. The van der Waals surface area contributed by atoms with Crippen molar-refractivity contribution >= 4 is 27.5 Å². The summed E-state index contributed by atoms with van der Waals surface area (Å²) in [7, 11) is 1.44. The molecule has 0 saturated heterocycles. The molecule has 0 aromatic heterocycles. The highest BCUT2D eigenvalue weighted by molar-refractivity contribution is 9.10. The molecule has 116 valence electrons. The van der Waals surface area contributed by atoms with Gasteiger partial charge < -0.3 is 15.2 Å². The lowest BCUT2D eigenvalue weighted by atomic mass is 10.1. The summed E-state index contributed by atoms with van der Waals surface area (Å²) in [6, 6.07) is 10.8. The Labute approximate surface area is 138 Å². The first-order valence-corrected chi connectivity index (χ1v) is 7.81. The summed E-state index contributed by atoms with van der Waals surface area (Å²) < 4.78 is 5.46. The van der Waals surface area contributed by atoms with Crippen LogP contribution in [0, 0.1) is 0 Å². The van der Waals surface area contributed by atoms with Crippen molar-refractivity contribution < 1.29 is 14.6 Å². The van der Waals surface area contributed by atoms with Crippen LogP contribution in [0.25, 0.3) is 0 Å². The number of ether oxygens (including phenoxy) is 1. The molecule has 0 fully saturated rings. The zero-order valence-corrected chi connectivity index (χ0v) is 14.1. The van der Waals surface area contributed by atoms with Crippen LogP contribution in [-0.4, -0.2) is 18.1 Å². The number of phenolic OH excluding ortho intramolecular Hbond substituents is 1. The molecule has 0 heterocycles. The number of rotatable bonds is 5. The lowest BCUT2D eigenvalue weighted by Crippen LogP contribution is -2.12. The van der Waals surface area contributed by atoms with Crippen molar-refractivity contribution in [2.75, 3.05) is 12.4 Å². The minimum atomic E-state index is -0.262. The zero-order chi connectivity index (χ0) is 16.1. The Morgan fingerprint density at radius 2 is 1.95 bits per heavy atom.